The average Bonchev–Trinajstić information content (AvgIpc) is 2.88. The maximum absolute atomic E-state index is 13.1. The zero-order chi connectivity index (χ0) is 26.1. The quantitative estimate of drug-likeness (QED) is 0.210. The van der Waals surface area contributed by atoms with Crippen LogP contribution >= 0.6 is 27.5 Å². The van der Waals surface area contributed by atoms with E-state index in [-0.39, 0.29) is 11.3 Å². The number of barbiturate groups is 1. The molecule has 184 valence electrons. The third-order valence-electron chi connectivity index (χ3n) is 5.99. The average molecular weight is 576 g/mol. The highest BCUT2D eigenvalue weighted by molar-refractivity contribution is 9.10. The van der Waals surface area contributed by atoms with Gasteiger partial charge in [0.2, 0.25) is 0 Å². The van der Waals surface area contributed by atoms with Crippen LogP contribution in [0.5, 0.6) is 5.75 Å². The first-order valence-electron chi connectivity index (χ1n) is 11.4. The van der Waals surface area contributed by atoms with Crippen LogP contribution < -0.4 is 15.0 Å². The van der Waals surface area contributed by atoms with Crippen molar-refractivity contribution in [2.45, 2.75) is 13.5 Å². The molecule has 8 heteroatoms. The maximum atomic E-state index is 13.1. The van der Waals surface area contributed by atoms with Crippen LogP contribution in [0.3, 0.4) is 0 Å². The zero-order valence-electron chi connectivity index (χ0n) is 19.6. The largest absolute Gasteiger partial charge is 0.488 e. The number of imide groups is 2. The van der Waals surface area contributed by atoms with Crippen LogP contribution in [0.15, 0.2) is 88.9 Å². The van der Waals surface area contributed by atoms with Gasteiger partial charge in [0.15, 0.2) is 0 Å². The van der Waals surface area contributed by atoms with Crippen molar-refractivity contribution in [3.8, 4) is 5.75 Å². The minimum absolute atomic E-state index is 0.173. The molecular formula is C29H20BrClN2O4. The molecule has 1 aliphatic rings. The Morgan fingerprint density at radius 2 is 1.73 bits per heavy atom. The second kappa shape index (κ2) is 10.2. The molecule has 4 aromatic carbocycles. The molecule has 0 bridgehead atoms. The predicted octanol–water partition coefficient (Wildman–Crippen LogP) is 6.81. The number of nitrogens with zero attached hydrogens (tertiary/aromatic N) is 1. The van der Waals surface area contributed by atoms with Crippen LogP contribution in [0.4, 0.5) is 10.5 Å². The van der Waals surface area contributed by atoms with E-state index in [0.29, 0.717) is 27.4 Å². The number of hydrogen-bond acceptors (Lipinski definition) is 4. The molecular weight excluding hydrogens is 556 g/mol. The lowest BCUT2D eigenvalue weighted by Gasteiger charge is -2.26. The normalized spacial score (nSPS) is 14.8. The Hall–Kier alpha value is -3.94. The molecule has 6 nitrogen and oxygen atoms in total. The Balaban J connectivity index is 1.36. The monoisotopic (exact) mass is 574 g/mol. The second-order valence-electron chi connectivity index (χ2n) is 8.55. The third-order valence-corrected chi connectivity index (χ3v) is 7.02. The number of hydrogen-bond donors (Lipinski definition) is 1. The SMILES string of the molecule is Cc1ccc(N2C(=O)NC(=O)/C(=C/c3ccc(OCc4ccc5ccccc5c4)c(Br)c3)C2=O)cc1Cl. The van der Waals surface area contributed by atoms with Crippen LogP contribution in [-0.2, 0) is 16.2 Å². The molecule has 5 rings (SSSR count). The lowest BCUT2D eigenvalue weighted by atomic mass is 10.1. The molecule has 1 N–H and O–H groups in total. The first-order chi connectivity index (χ1) is 17.8. The van der Waals surface area contributed by atoms with Gasteiger partial charge in [-0.3, -0.25) is 14.9 Å². The van der Waals surface area contributed by atoms with Gasteiger partial charge >= 0.3 is 6.03 Å². The van der Waals surface area contributed by atoms with Gasteiger partial charge in [-0.15, -0.1) is 0 Å². The second-order valence-corrected chi connectivity index (χ2v) is 9.81. The molecule has 1 fully saturated rings. The van der Waals surface area contributed by atoms with Crippen molar-refractivity contribution in [2.24, 2.45) is 0 Å². The number of aryl methyl sites for hydroxylation is 1. The summed E-state index contributed by atoms with van der Waals surface area (Å²) in [6.45, 7) is 2.19. The topological polar surface area (TPSA) is 75.7 Å². The van der Waals surface area contributed by atoms with Gasteiger partial charge in [0, 0.05) is 5.02 Å². The number of ether oxygens (including phenoxy) is 1. The summed E-state index contributed by atoms with van der Waals surface area (Å²) in [5, 5.41) is 4.93. The molecule has 1 saturated heterocycles. The van der Waals surface area contributed by atoms with Gasteiger partial charge < -0.3 is 4.74 Å². The van der Waals surface area contributed by atoms with Crippen molar-refractivity contribution in [3.05, 3.63) is 111 Å². The molecule has 4 amide bonds. The van der Waals surface area contributed by atoms with Crippen LogP contribution in [0.2, 0.25) is 5.02 Å². The van der Waals surface area contributed by atoms with E-state index in [9.17, 15) is 14.4 Å². The zero-order valence-corrected chi connectivity index (χ0v) is 22.0. The van der Waals surface area contributed by atoms with Crippen molar-refractivity contribution in [2.75, 3.05) is 4.90 Å². The number of halogens is 2. The lowest BCUT2D eigenvalue weighted by Crippen LogP contribution is -2.54. The highest BCUT2D eigenvalue weighted by Crippen LogP contribution is 2.30. The first-order valence-corrected chi connectivity index (χ1v) is 12.5. The van der Waals surface area contributed by atoms with Crippen molar-refractivity contribution >= 4 is 67.9 Å². The molecule has 0 spiro atoms. The molecule has 0 radical (unpaired) electrons. The fourth-order valence-corrected chi connectivity index (χ4v) is 4.68. The summed E-state index contributed by atoms with van der Waals surface area (Å²) in [6, 6.07) is 23.5. The number of rotatable bonds is 5. The Bertz CT molecular complexity index is 1620. The summed E-state index contributed by atoms with van der Waals surface area (Å²) in [5.41, 5.74) is 2.51. The van der Waals surface area contributed by atoms with E-state index in [1.165, 1.54) is 12.1 Å². The Kier molecular flexibility index (Phi) is 6.82. The summed E-state index contributed by atoms with van der Waals surface area (Å²) < 4.78 is 6.65. The molecule has 0 atom stereocenters. The van der Waals surface area contributed by atoms with E-state index in [1.54, 1.807) is 30.3 Å². The molecule has 4 aromatic rings. The Morgan fingerprint density at radius 3 is 2.49 bits per heavy atom. The van der Waals surface area contributed by atoms with Crippen molar-refractivity contribution in [1.29, 1.82) is 0 Å². The smallest absolute Gasteiger partial charge is 0.335 e. The molecule has 0 saturated carbocycles. The number of anilines is 1. The van der Waals surface area contributed by atoms with Gasteiger partial charge in [-0.25, -0.2) is 9.69 Å². The van der Waals surface area contributed by atoms with E-state index in [4.69, 9.17) is 16.3 Å². The van der Waals surface area contributed by atoms with Gasteiger partial charge in [-0.05, 0) is 86.7 Å². The summed E-state index contributed by atoms with van der Waals surface area (Å²) in [5.74, 6) is -0.889. The number of nitrogens with one attached hydrogen (secondary N) is 1. The number of carbonyl (C=O) groups excluding carboxylic acids is 3. The predicted molar refractivity (Wildman–Crippen MR) is 148 cm³/mol. The number of urea groups is 1. The minimum atomic E-state index is -0.828. The molecule has 1 aliphatic heterocycles. The summed E-state index contributed by atoms with van der Waals surface area (Å²) in [6.07, 6.45) is 1.44. The standard InChI is InChI=1S/C29H20BrClN2O4/c1-17-6-10-22(15-25(17)31)33-28(35)23(27(34)32-29(33)36)13-18-8-11-26(24(30)14-18)37-16-19-7-9-20-4-2-3-5-21(20)12-19/h2-15H,16H2,1H3,(H,32,34,36)/b23-13-. The van der Waals surface area contributed by atoms with Crippen molar-refractivity contribution < 1.29 is 19.1 Å². The van der Waals surface area contributed by atoms with Gasteiger partial charge in [0.05, 0.1) is 10.2 Å². The van der Waals surface area contributed by atoms with E-state index < -0.39 is 17.8 Å². The Labute approximate surface area is 226 Å². The summed E-state index contributed by atoms with van der Waals surface area (Å²) in [7, 11) is 0. The summed E-state index contributed by atoms with van der Waals surface area (Å²) >= 11 is 9.69. The maximum Gasteiger partial charge on any atom is 0.335 e. The van der Waals surface area contributed by atoms with E-state index in [1.807, 2.05) is 25.1 Å². The molecule has 1 heterocycles. The van der Waals surface area contributed by atoms with Crippen molar-refractivity contribution in [3.63, 3.8) is 0 Å². The summed E-state index contributed by atoms with van der Waals surface area (Å²) in [4.78, 5) is 39.0. The first kappa shape index (κ1) is 24.7. The molecule has 37 heavy (non-hydrogen) atoms. The van der Waals surface area contributed by atoms with Crippen molar-refractivity contribution in [1.82, 2.24) is 5.32 Å². The number of benzene rings is 4. The van der Waals surface area contributed by atoms with E-state index in [0.717, 1.165) is 26.8 Å². The highest BCUT2D eigenvalue weighted by Gasteiger charge is 2.37. The highest BCUT2D eigenvalue weighted by atomic mass is 79.9. The Morgan fingerprint density at radius 1 is 0.946 bits per heavy atom. The van der Waals surface area contributed by atoms with Gasteiger partial charge in [-0.2, -0.15) is 0 Å². The van der Waals surface area contributed by atoms with Crippen LogP contribution in [-0.4, -0.2) is 17.8 Å². The lowest BCUT2D eigenvalue weighted by molar-refractivity contribution is -0.122. The van der Waals surface area contributed by atoms with E-state index in [2.05, 4.69) is 45.5 Å². The molecule has 0 aromatic heterocycles. The molecule has 0 unspecified atom stereocenters. The van der Waals surface area contributed by atoms with Gasteiger partial charge in [0.25, 0.3) is 11.8 Å². The number of amides is 4. The van der Waals surface area contributed by atoms with Crippen LogP contribution in [0.1, 0.15) is 16.7 Å². The van der Waals surface area contributed by atoms with Crippen LogP contribution in [0.25, 0.3) is 16.8 Å². The third kappa shape index (κ3) is 5.14. The van der Waals surface area contributed by atoms with Gasteiger partial charge in [-0.1, -0.05) is 60.1 Å². The van der Waals surface area contributed by atoms with E-state index >= 15 is 0 Å². The number of carbonyl (C=O) groups is 3. The number of fused-ring (bicyclic) bond motifs is 1. The van der Waals surface area contributed by atoms with Crippen LogP contribution in [0, 0.1) is 6.92 Å². The fourth-order valence-electron chi connectivity index (χ4n) is 3.99. The van der Waals surface area contributed by atoms with Gasteiger partial charge in [0.1, 0.15) is 17.9 Å². The fraction of sp³-hybridized carbons (Fsp3) is 0.0690. The molecule has 0 aliphatic carbocycles. The minimum Gasteiger partial charge on any atom is -0.488 e.